The zero-order chi connectivity index (χ0) is 22.4. The van der Waals surface area contributed by atoms with E-state index in [1.165, 1.54) is 30.3 Å². The first kappa shape index (κ1) is 21.2. The van der Waals surface area contributed by atoms with E-state index in [9.17, 15) is 31.2 Å². The van der Waals surface area contributed by atoms with E-state index in [1.54, 1.807) is 6.07 Å². The van der Waals surface area contributed by atoms with Crippen LogP contribution < -0.4 is 10.9 Å². The van der Waals surface area contributed by atoms with Crippen LogP contribution in [-0.2, 0) is 24.5 Å². The molecule has 0 bridgehead atoms. The largest absolute Gasteiger partial charge is 0.289 e. The van der Waals surface area contributed by atoms with Gasteiger partial charge in [-0.2, -0.15) is 0 Å². The Labute approximate surface area is 178 Å². The molecule has 0 radical (unpaired) electrons. The quantitative estimate of drug-likeness (QED) is 0.544. The maximum absolute atomic E-state index is 12.9. The summed E-state index contributed by atoms with van der Waals surface area (Å²) in [6, 6.07) is 9.52. The van der Waals surface area contributed by atoms with Crippen molar-refractivity contribution in [2.24, 2.45) is 5.92 Å². The van der Waals surface area contributed by atoms with Gasteiger partial charge in [0.15, 0.2) is 15.6 Å². The fraction of sp³-hybridized carbons (Fsp3) is 0.250. The average Bonchev–Trinajstić information content (AvgIpc) is 3.08. The minimum absolute atomic E-state index is 0.0262. The van der Waals surface area contributed by atoms with Crippen molar-refractivity contribution in [2.45, 2.75) is 22.6 Å². The van der Waals surface area contributed by atoms with Gasteiger partial charge in [0.1, 0.15) is 0 Å². The lowest BCUT2D eigenvalue weighted by molar-refractivity contribution is -0.122. The third-order valence-electron chi connectivity index (χ3n) is 5.32. The predicted molar refractivity (Wildman–Crippen MR) is 109 cm³/mol. The third kappa shape index (κ3) is 3.98. The molecule has 2 heterocycles. The van der Waals surface area contributed by atoms with Crippen LogP contribution in [0.3, 0.4) is 0 Å². The molecule has 1 saturated heterocycles. The molecule has 162 valence electrons. The number of rotatable bonds is 3. The molecule has 1 atom stereocenters. The Kier molecular flexibility index (Phi) is 5.18. The summed E-state index contributed by atoms with van der Waals surface area (Å²) < 4.78 is 48.8. The predicted octanol–water partition coefficient (Wildman–Crippen LogP) is 0.650. The Morgan fingerprint density at radius 1 is 0.935 bits per heavy atom. The van der Waals surface area contributed by atoms with Gasteiger partial charge in [0.05, 0.1) is 21.3 Å². The highest BCUT2D eigenvalue weighted by atomic mass is 32.2. The van der Waals surface area contributed by atoms with Gasteiger partial charge < -0.3 is 0 Å². The topological polar surface area (TPSA) is 144 Å². The number of carbonyl (C=O) groups is 3. The zero-order valence-electron chi connectivity index (χ0n) is 16.1. The molecule has 0 aromatic heterocycles. The third-order valence-corrected chi connectivity index (χ3v) is 9.00. The number of hydrazine groups is 1. The summed E-state index contributed by atoms with van der Waals surface area (Å²) in [7, 11) is -7.11. The second kappa shape index (κ2) is 7.57. The maximum atomic E-state index is 12.9. The maximum Gasteiger partial charge on any atom is 0.269 e. The number of hydrogen-bond donors (Lipinski definition) is 2. The SMILES string of the molecule is O=C(C[C@H]1CCS(=O)(=O)C1)NNC(=O)c1ccc2c(c1)S(=O)(=O)c1ccccc1C2=O. The standard InChI is InChI=1S/C20H18N2O7S2/c23-18(9-12-7-8-30(26,27)11-12)21-22-20(25)13-5-6-15-17(10-13)31(28,29)16-4-2-1-3-14(16)19(15)24/h1-6,10,12H,7-9,11H2,(H,21,23)(H,22,25)/t12-/m1/s1. The van der Waals surface area contributed by atoms with Crippen LogP contribution in [0.15, 0.2) is 52.3 Å². The number of ketones is 1. The molecule has 0 spiro atoms. The lowest BCUT2D eigenvalue weighted by atomic mass is 10.0. The van der Waals surface area contributed by atoms with Gasteiger partial charge in [-0.25, -0.2) is 16.8 Å². The van der Waals surface area contributed by atoms with Gasteiger partial charge in [0.25, 0.3) is 5.91 Å². The van der Waals surface area contributed by atoms with Crippen LogP contribution >= 0.6 is 0 Å². The second-order valence-corrected chi connectivity index (χ2v) is 11.6. The van der Waals surface area contributed by atoms with Crippen LogP contribution in [0.25, 0.3) is 0 Å². The first-order valence-corrected chi connectivity index (χ1v) is 12.7. The molecule has 0 saturated carbocycles. The highest BCUT2D eigenvalue weighted by molar-refractivity contribution is 7.92. The van der Waals surface area contributed by atoms with Crippen molar-refractivity contribution in [3.63, 3.8) is 0 Å². The second-order valence-electron chi connectivity index (χ2n) is 7.52. The Hall–Kier alpha value is -3.05. The van der Waals surface area contributed by atoms with Crippen LogP contribution in [0.1, 0.15) is 39.1 Å². The van der Waals surface area contributed by atoms with Gasteiger partial charge >= 0.3 is 0 Å². The van der Waals surface area contributed by atoms with Crippen molar-refractivity contribution in [2.75, 3.05) is 11.5 Å². The average molecular weight is 463 g/mol. The van der Waals surface area contributed by atoms with E-state index in [-0.39, 0.29) is 50.3 Å². The van der Waals surface area contributed by atoms with E-state index in [4.69, 9.17) is 0 Å². The molecule has 2 amide bonds. The molecule has 1 fully saturated rings. The number of hydrogen-bond acceptors (Lipinski definition) is 7. The smallest absolute Gasteiger partial charge is 0.269 e. The monoisotopic (exact) mass is 462 g/mol. The van der Waals surface area contributed by atoms with Crippen molar-refractivity contribution in [1.29, 1.82) is 0 Å². The van der Waals surface area contributed by atoms with Crippen LogP contribution in [0, 0.1) is 5.92 Å². The van der Waals surface area contributed by atoms with Crippen LogP contribution in [-0.4, -0.2) is 45.9 Å². The van der Waals surface area contributed by atoms with Gasteiger partial charge in [0.2, 0.25) is 15.7 Å². The Morgan fingerprint density at radius 3 is 2.35 bits per heavy atom. The highest BCUT2D eigenvalue weighted by Gasteiger charge is 2.35. The van der Waals surface area contributed by atoms with E-state index < -0.39 is 37.3 Å². The van der Waals surface area contributed by atoms with Crippen molar-refractivity contribution < 1.29 is 31.2 Å². The first-order chi connectivity index (χ1) is 14.6. The van der Waals surface area contributed by atoms with Crippen LogP contribution in [0.5, 0.6) is 0 Å². The molecule has 2 aliphatic rings. The number of nitrogens with one attached hydrogen (secondary N) is 2. The summed E-state index contributed by atoms with van der Waals surface area (Å²) in [5.41, 5.74) is 4.39. The van der Waals surface area contributed by atoms with Crippen LogP contribution in [0.2, 0.25) is 0 Å². The summed E-state index contributed by atoms with van der Waals surface area (Å²) in [6.07, 6.45) is 0.339. The number of fused-ring (bicyclic) bond motifs is 2. The van der Waals surface area contributed by atoms with Crippen molar-refractivity contribution in [3.8, 4) is 0 Å². The van der Waals surface area contributed by atoms with Crippen molar-refractivity contribution in [3.05, 3.63) is 59.2 Å². The Morgan fingerprint density at radius 2 is 1.65 bits per heavy atom. The molecule has 31 heavy (non-hydrogen) atoms. The summed E-state index contributed by atoms with van der Waals surface area (Å²) in [4.78, 5) is 36.7. The van der Waals surface area contributed by atoms with Gasteiger partial charge in [-0.05, 0) is 42.7 Å². The van der Waals surface area contributed by atoms with E-state index in [2.05, 4.69) is 10.9 Å². The van der Waals surface area contributed by atoms with Gasteiger partial charge in [-0.3, -0.25) is 25.2 Å². The molecular formula is C20H18N2O7S2. The lowest BCUT2D eigenvalue weighted by Crippen LogP contribution is -2.42. The number of benzene rings is 2. The lowest BCUT2D eigenvalue weighted by Gasteiger charge is -2.19. The highest BCUT2D eigenvalue weighted by Crippen LogP contribution is 2.34. The summed E-state index contributed by atoms with van der Waals surface area (Å²) in [5, 5.41) is 0. The molecule has 0 aliphatic carbocycles. The van der Waals surface area contributed by atoms with Crippen LogP contribution in [0.4, 0.5) is 0 Å². The van der Waals surface area contributed by atoms with Gasteiger partial charge in [-0.1, -0.05) is 12.1 Å². The zero-order valence-corrected chi connectivity index (χ0v) is 17.8. The molecule has 2 aromatic rings. The summed E-state index contributed by atoms with van der Waals surface area (Å²) in [6.45, 7) is 0. The minimum Gasteiger partial charge on any atom is -0.289 e. The Bertz CT molecular complexity index is 1330. The molecule has 2 N–H and O–H groups in total. The number of carbonyl (C=O) groups excluding carboxylic acids is 3. The first-order valence-electron chi connectivity index (χ1n) is 9.41. The van der Waals surface area contributed by atoms with E-state index in [0.29, 0.717) is 6.42 Å². The Balaban J connectivity index is 1.49. The summed E-state index contributed by atoms with van der Waals surface area (Å²) >= 11 is 0. The van der Waals surface area contributed by atoms with Crippen molar-refractivity contribution in [1.82, 2.24) is 10.9 Å². The fourth-order valence-corrected chi connectivity index (χ4v) is 7.31. The molecule has 4 rings (SSSR count). The molecule has 0 unspecified atom stereocenters. The molecule has 9 nitrogen and oxygen atoms in total. The van der Waals surface area contributed by atoms with Gasteiger partial charge in [0, 0.05) is 23.1 Å². The van der Waals surface area contributed by atoms with E-state index >= 15 is 0 Å². The normalized spacial score (nSPS) is 20.4. The van der Waals surface area contributed by atoms with Gasteiger partial charge in [-0.15, -0.1) is 0 Å². The minimum atomic E-state index is -3.99. The molecule has 2 aromatic carbocycles. The fourth-order valence-electron chi connectivity index (χ4n) is 3.77. The molecule has 2 aliphatic heterocycles. The number of amides is 2. The number of sulfone groups is 2. The van der Waals surface area contributed by atoms with Crippen molar-refractivity contribution >= 4 is 37.3 Å². The van der Waals surface area contributed by atoms with E-state index in [1.807, 2.05) is 0 Å². The molecular weight excluding hydrogens is 444 g/mol. The molecule has 11 heteroatoms. The van der Waals surface area contributed by atoms with E-state index in [0.717, 1.165) is 6.07 Å². The summed E-state index contributed by atoms with van der Waals surface area (Å²) in [5.74, 6) is -2.09.